The molecule has 0 saturated heterocycles. The van der Waals surface area contributed by atoms with Gasteiger partial charge in [0.05, 0.1) is 27.5 Å². The summed E-state index contributed by atoms with van der Waals surface area (Å²) in [5, 5.41) is 6.54. The van der Waals surface area contributed by atoms with Crippen LogP contribution in [-0.4, -0.2) is 10.9 Å². The highest BCUT2D eigenvalue weighted by molar-refractivity contribution is 6.42. The van der Waals surface area contributed by atoms with Crippen LogP contribution in [0.25, 0.3) is 0 Å². The van der Waals surface area contributed by atoms with Crippen molar-refractivity contribution in [2.75, 3.05) is 10.6 Å². The van der Waals surface area contributed by atoms with Crippen LogP contribution in [0.2, 0.25) is 10.0 Å². The number of amides is 1. The van der Waals surface area contributed by atoms with E-state index in [0.29, 0.717) is 32.7 Å². The highest BCUT2D eigenvalue weighted by atomic mass is 35.5. The van der Waals surface area contributed by atoms with Gasteiger partial charge in [-0.05, 0) is 48.5 Å². The van der Waals surface area contributed by atoms with E-state index in [1.54, 1.807) is 42.6 Å². The van der Waals surface area contributed by atoms with Crippen molar-refractivity contribution in [1.29, 1.82) is 0 Å². The summed E-state index contributed by atoms with van der Waals surface area (Å²) in [6.45, 7) is 0. The fraction of sp³-hybridized carbons (Fsp3) is 0. The molecule has 1 aromatic heterocycles. The first-order valence-electron chi connectivity index (χ1n) is 7.25. The largest absolute Gasteiger partial charge is 0.354 e. The molecule has 4 nitrogen and oxygen atoms in total. The molecule has 0 radical (unpaired) electrons. The average Bonchev–Trinajstić information content (AvgIpc) is 2.60. The number of halogens is 3. The standard InChI is InChI=1S/C18H12Cl2FN3O/c19-16-6-5-14(8-17(16)20)24-18(25)11-7-15(10-22-9-11)23-13-3-1-12(21)2-4-13/h1-10,23H,(H,24,25). The summed E-state index contributed by atoms with van der Waals surface area (Å²) in [6, 6.07) is 12.3. The molecule has 0 fully saturated rings. The Morgan fingerprint density at radius 3 is 2.32 bits per heavy atom. The first-order valence-corrected chi connectivity index (χ1v) is 8.01. The average molecular weight is 376 g/mol. The van der Waals surface area contributed by atoms with Gasteiger partial charge in [0.15, 0.2) is 0 Å². The van der Waals surface area contributed by atoms with E-state index in [1.807, 2.05) is 0 Å². The van der Waals surface area contributed by atoms with Crippen molar-refractivity contribution < 1.29 is 9.18 Å². The van der Waals surface area contributed by atoms with Crippen LogP contribution in [0.1, 0.15) is 10.4 Å². The summed E-state index contributed by atoms with van der Waals surface area (Å²) in [5.74, 6) is -0.660. The van der Waals surface area contributed by atoms with Crippen molar-refractivity contribution in [2.24, 2.45) is 0 Å². The molecule has 1 amide bonds. The lowest BCUT2D eigenvalue weighted by molar-refractivity contribution is 0.102. The molecule has 3 aromatic rings. The first kappa shape index (κ1) is 17.2. The van der Waals surface area contributed by atoms with E-state index in [4.69, 9.17) is 23.2 Å². The number of rotatable bonds is 4. The zero-order valence-electron chi connectivity index (χ0n) is 12.8. The van der Waals surface area contributed by atoms with Crippen LogP contribution >= 0.6 is 23.2 Å². The molecule has 3 rings (SSSR count). The molecular formula is C18H12Cl2FN3O. The molecule has 0 atom stereocenters. The Morgan fingerprint density at radius 1 is 0.880 bits per heavy atom. The molecular weight excluding hydrogens is 364 g/mol. The molecule has 1 heterocycles. The molecule has 0 aliphatic carbocycles. The number of nitrogens with one attached hydrogen (secondary N) is 2. The third-order valence-corrected chi connectivity index (χ3v) is 4.05. The van der Waals surface area contributed by atoms with Crippen molar-refractivity contribution in [3.05, 3.63) is 82.4 Å². The maximum absolute atomic E-state index is 12.9. The second kappa shape index (κ2) is 7.51. The van der Waals surface area contributed by atoms with Gasteiger partial charge in [0.2, 0.25) is 0 Å². The van der Waals surface area contributed by atoms with Crippen molar-refractivity contribution in [1.82, 2.24) is 4.98 Å². The quantitative estimate of drug-likeness (QED) is 0.630. The molecule has 2 N–H and O–H groups in total. The zero-order valence-corrected chi connectivity index (χ0v) is 14.3. The van der Waals surface area contributed by atoms with Crippen LogP contribution in [0, 0.1) is 5.82 Å². The third-order valence-electron chi connectivity index (χ3n) is 3.31. The fourth-order valence-corrected chi connectivity index (χ4v) is 2.41. The summed E-state index contributed by atoms with van der Waals surface area (Å²) in [7, 11) is 0. The van der Waals surface area contributed by atoms with Gasteiger partial charge >= 0.3 is 0 Å². The van der Waals surface area contributed by atoms with Gasteiger partial charge in [-0.25, -0.2) is 4.39 Å². The third kappa shape index (κ3) is 4.47. The lowest BCUT2D eigenvalue weighted by atomic mass is 10.2. The number of carbonyl (C=O) groups is 1. The van der Waals surface area contributed by atoms with E-state index in [0.717, 1.165) is 0 Å². The highest BCUT2D eigenvalue weighted by Gasteiger charge is 2.09. The van der Waals surface area contributed by atoms with Gasteiger partial charge < -0.3 is 10.6 Å². The Morgan fingerprint density at radius 2 is 1.60 bits per heavy atom. The number of hydrogen-bond donors (Lipinski definition) is 2. The second-order valence-corrected chi connectivity index (χ2v) is 5.99. The zero-order chi connectivity index (χ0) is 17.8. The van der Waals surface area contributed by atoms with Gasteiger partial charge in [-0.15, -0.1) is 0 Å². The fourth-order valence-electron chi connectivity index (χ4n) is 2.11. The van der Waals surface area contributed by atoms with Crippen LogP contribution in [0.5, 0.6) is 0 Å². The van der Waals surface area contributed by atoms with Gasteiger partial charge in [0, 0.05) is 17.6 Å². The Labute approximate surface area is 153 Å². The van der Waals surface area contributed by atoms with Crippen molar-refractivity contribution in [3.63, 3.8) is 0 Å². The maximum atomic E-state index is 12.9. The van der Waals surface area contributed by atoms with Crippen LogP contribution < -0.4 is 10.6 Å². The Bertz CT molecular complexity index is 916. The number of carbonyl (C=O) groups excluding carboxylic acids is 1. The lowest BCUT2D eigenvalue weighted by Gasteiger charge is -2.09. The SMILES string of the molecule is O=C(Nc1ccc(Cl)c(Cl)c1)c1cncc(Nc2ccc(F)cc2)c1. The van der Waals surface area contributed by atoms with E-state index < -0.39 is 0 Å². The normalized spacial score (nSPS) is 10.4. The monoisotopic (exact) mass is 375 g/mol. The van der Waals surface area contributed by atoms with Gasteiger partial charge in [-0.1, -0.05) is 23.2 Å². The van der Waals surface area contributed by atoms with E-state index in [9.17, 15) is 9.18 Å². The predicted octanol–water partition coefficient (Wildman–Crippen LogP) is 5.52. The number of aromatic nitrogens is 1. The summed E-state index contributed by atoms with van der Waals surface area (Å²) in [5.41, 5.74) is 2.17. The molecule has 7 heteroatoms. The van der Waals surface area contributed by atoms with E-state index in [1.165, 1.54) is 18.3 Å². The Hall–Kier alpha value is -2.63. The molecule has 0 saturated carbocycles. The molecule has 0 spiro atoms. The van der Waals surface area contributed by atoms with Crippen LogP contribution in [0.4, 0.5) is 21.5 Å². The summed E-state index contributed by atoms with van der Waals surface area (Å²) >= 11 is 11.8. The molecule has 2 aromatic carbocycles. The molecule has 0 bridgehead atoms. The van der Waals surface area contributed by atoms with E-state index >= 15 is 0 Å². The topological polar surface area (TPSA) is 54.0 Å². The van der Waals surface area contributed by atoms with Crippen molar-refractivity contribution >= 4 is 46.2 Å². The Kier molecular flexibility index (Phi) is 5.16. The van der Waals surface area contributed by atoms with E-state index in [2.05, 4.69) is 15.6 Å². The number of anilines is 3. The minimum atomic E-state index is -0.339. The predicted molar refractivity (Wildman–Crippen MR) is 98.3 cm³/mol. The first-order chi connectivity index (χ1) is 12.0. The molecule has 0 aliphatic rings. The molecule has 25 heavy (non-hydrogen) atoms. The van der Waals surface area contributed by atoms with Gasteiger partial charge in [0.1, 0.15) is 5.82 Å². The van der Waals surface area contributed by atoms with Gasteiger partial charge in [0.25, 0.3) is 5.91 Å². The minimum absolute atomic E-state index is 0.321. The molecule has 126 valence electrons. The van der Waals surface area contributed by atoms with Crippen molar-refractivity contribution in [3.8, 4) is 0 Å². The molecule has 0 unspecified atom stereocenters. The summed E-state index contributed by atoms with van der Waals surface area (Å²) in [6.07, 6.45) is 3.02. The maximum Gasteiger partial charge on any atom is 0.257 e. The molecule has 0 aliphatic heterocycles. The van der Waals surface area contributed by atoms with Crippen LogP contribution in [0.3, 0.4) is 0 Å². The smallest absolute Gasteiger partial charge is 0.257 e. The number of benzene rings is 2. The van der Waals surface area contributed by atoms with Gasteiger partial charge in [-0.2, -0.15) is 0 Å². The van der Waals surface area contributed by atoms with Gasteiger partial charge in [-0.3, -0.25) is 9.78 Å². The van der Waals surface area contributed by atoms with E-state index in [-0.39, 0.29) is 11.7 Å². The Balaban J connectivity index is 1.74. The highest BCUT2D eigenvalue weighted by Crippen LogP contribution is 2.25. The summed E-state index contributed by atoms with van der Waals surface area (Å²) in [4.78, 5) is 16.4. The minimum Gasteiger partial charge on any atom is -0.354 e. The van der Waals surface area contributed by atoms with Crippen molar-refractivity contribution in [2.45, 2.75) is 0 Å². The number of nitrogens with zero attached hydrogens (tertiary/aromatic N) is 1. The van der Waals surface area contributed by atoms with Crippen LogP contribution in [0.15, 0.2) is 60.9 Å². The number of pyridine rings is 1. The lowest BCUT2D eigenvalue weighted by Crippen LogP contribution is -2.12. The second-order valence-electron chi connectivity index (χ2n) is 5.18. The number of hydrogen-bond acceptors (Lipinski definition) is 3. The van der Waals surface area contributed by atoms with Crippen LogP contribution in [-0.2, 0) is 0 Å². The summed E-state index contributed by atoms with van der Waals surface area (Å²) < 4.78 is 12.9.